The number of aliphatic imine (C=N–C) groups is 1. The van der Waals surface area contributed by atoms with Gasteiger partial charge in [0.25, 0.3) is 0 Å². The average Bonchev–Trinajstić information content (AvgIpc) is 2.81. The fourth-order valence-electron chi connectivity index (χ4n) is 3.38. The first kappa shape index (κ1) is 16.4. The number of hydrogen-bond donors (Lipinski definition) is 0. The lowest BCUT2D eigenvalue weighted by Crippen LogP contribution is -2.16. The molecule has 2 aromatic rings. The molecule has 1 atom stereocenters. The smallest absolute Gasteiger partial charge is 0.0639 e. The normalized spacial score (nSPS) is 20.4. The van der Waals surface area contributed by atoms with Crippen molar-refractivity contribution in [1.82, 2.24) is 0 Å². The Hall–Kier alpha value is -1.41. The molecule has 0 amide bonds. The lowest BCUT2D eigenvalue weighted by Gasteiger charge is -2.18. The summed E-state index contributed by atoms with van der Waals surface area (Å²) in [4.78, 5) is 5.02. The highest BCUT2D eigenvalue weighted by Crippen LogP contribution is 2.27. The first-order valence-corrected chi connectivity index (χ1v) is 9.43. The first-order valence-electron chi connectivity index (χ1n) is 8.63. The Morgan fingerprint density at radius 1 is 0.913 bits per heavy atom. The van der Waals surface area contributed by atoms with Crippen molar-refractivity contribution in [3.05, 3.63) is 70.2 Å². The predicted molar refractivity (Wildman–Crippen MR) is 102 cm³/mol. The molecule has 0 heterocycles. The summed E-state index contributed by atoms with van der Waals surface area (Å²) in [5, 5.41) is 0. The van der Waals surface area contributed by atoms with Crippen molar-refractivity contribution in [2.24, 2.45) is 10.9 Å². The average molecular weight is 370 g/mol. The van der Waals surface area contributed by atoms with Crippen LogP contribution in [0.4, 0.5) is 0 Å². The van der Waals surface area contributed by atoms with Crippen molar-refractivity contribution in [3.8, 4) is 0 Å². The summed E-state index contributed by atoms with van der Waals surface area (Å²) in [5.74, 6) is 0.597. The predicted octanol–water partition coefficient (Wildman–Crippen LogP) is 6.21. The van der Waals surface area contributed by atoms with Crippen LogP contribution in [0.2, 0.25) is 0 Å². The second-order valence-corrected chi connectivity index (χ2v) is 7.24. The van der Waals surface area contributed by atoms with Gasteiger partial charge in [-0.2, -0.15) is 0 Å². The fraction of sp³-hybridized carbons (Fsp3) is 0.381. The molecule has 3 rings (SSSR count). The Balaban J connectivity index is 1.76. The van der Waals surface area contributed by atoms with Gasteiger partial charge in [-0.05, 0) is 42.9 Å². The molecule has 0 N–H and O–H groups in total. The first-order chi connectivity index (χ1) is 11.3. The van der Waals surface area contributed by atoms with Crippen LogP contribution in [0.5, 0.6) is 0 Å². The summed E-state index contributed by atoms with van der Waals surface area (Å²) >= 11 is 3.70. The number of halogens is 1. The molecule has 2 aromatic carbocycles. The van der Waals surface area contributed by atoms with E-state index in [0.717, 1.165) is 13.0 Å². The Kier molecular flexibility index (Phi) is 6.04. The maximum Gasteiger partial charge on any atom is 0.0639 e. The van der Waals surface area contributed by atoms with Crippen LogP contribution in [0.15, 0.2) is 64.1 Å². The van der Waals surface area contributed by atoms with Crippen LogP contribution in [0, 0.1) is 5.92 Å². The van der Waals surface area contributed by atoms with E-state index in [-0.39, 0.29) is 0 Å². The van der Waals surface area contributed by atoms with Gasteiger partial charge in [0.05, 0.1) is 6.54 Å². The Labute approximate surface area is 148 Å². The number of hydrogen-bond acceptors (Lipinski definition) is 1. The molecule has 0 aliphatic heterocycles. The molecule has 2 heteroatoms. The second-order valence-electron chi connectivity index (χ2n) is 6.38. The monoisotopic (exact) mass is 369 g/mol. The van der Waals surface area contributed by atoms with Crippen molar-refractivity contribution in [2.45, 2.75) is 45.1 Å². The Bertz CT molecular complexity index is 648. The van der Waals surface area contributed by atoms with Crippen molar-refractivity contribution < 1.29 is 0 Å². The standard InChI is InChI=1S/C21H24BrN/c22-20-13-8-7-11-18(20)15-19-12-5-2-6-14-21(19)23-16-17-9-3-1-4-10-17/h1,3-4,7-11,13,19H,2,5-6,12,14-16H2. The zero-order valence-electron chi connectivity index (χ0n) is 13.5. The zero-order valence-corrected chi connectivity index (χ0v) is 15.1. The van der Waals surface area contributed by atoms with E-state index in [9.17, 15) is 0 Å². The molecule has 23 heavy (non-hydrogen) atoms. The van der Waals surface area contributed by atoms with E-state index in [1.807, 2.05) is 0 Å². The lowest BCUT2D eigenvalue weighted by atomic mass is 9.90. The highest BCUT2D eigenvalue weighted by Gasteiger charge is 2.20. The Morgan fingerprint density at radius 3 is 2.52 bits per heavy atom. The zero-order chi connectivity index (χ0) is 15.9. The van der Waals surface area contributed by atoms with Crippen molar-refractivity contribution in [1.29, 1.82) is 0 Å². The van der Waals surface area contributed by atoms with Gasteiger partial charge in [-0.15, -0.1) is 0 Å². The SMILES string of the molecule is Brc1ccccc1CC1CCCCCC1=NCc1ccccc1. The van der Waals surface area contributed by atoms with Gasteiger partial charge < -0.3 is 0 Å². The van der Waals surface area contributed by atoms with Gasteiger partial charge in [0.1, 0.15) is 0 Å². The minimum Gasteiger partial charge on any atom is -0.289 e. The molecule has 1 unspecified atom stereocenters. The second kappa shape index (κ2) is 8.44. The number of benzene rings is 2. The van der Waals surface area contributed by atoms with Crippen LogP contribution < -0.4 is 0 Å². The number of rotatable bonds is 4. The van der Waals surface area contributed by atoms with Crippen molar-refractivity contribution >= 4 is 21.6 Å². The van der Waals surface area contributed by atoms with Crippen LogP contribution in [-0.2, 0) is 13.0 Å². The minimum absolute atomic E-state index is 0.597. The maximum atomic E-state index is 5.02. The van der Waals surface area contributed by atoms with E-state index < -0.39 is 0 Å². The molecule has 0 saturated heterocycles. The third-order valence-corrected chi connectivity index (χ3v) is 5.46. The van der Waals surface area contributed by atoms with Crippen molar-refractivity contribution in [2.75, 3.05) is 0 Å². The molecule has 1 fully saturated rings. The van der Waals surface area contributed by atoms with E-state index in [1.54, 1.807) is 0 Å². The summed E-state index contributed by atoms with van der Waals surface area (Å²) < 4.78 is 1.23. The van der Waals surface area contributed by atoms with Gasteiger partial charge in [-0.3, -0.25) is 4.99 Å². The molecule has 1 saturated carbocycles. The van der Waals surface area contributed by atoms with Gasteiger partial charge in [0.15, 0.2) is 0 Å². The molecule has 0 bridgehead atoms. The molecule has 1 nitrogen and oxygen atoms in total. The van der Waals surface area contributed by atoms with Gasteiger partial charge in [-0.25, -0.2) is 0 Å². The van der Waals surface area contributed by atoms with E-state index in [2.05, 4.69) is 70.5 Å². The molecule has 1 aliphatic rings. The maximum absolute atomic E-state index is 5.02. The summed E-state index contributed by atoms with van der Waals surface area (Å²) in [6.45, 7) is 0.822. The van der Waals surface area contributed by atoms with E-state index in [1.165, 1.54) is 53.4 Å². The molecular weight excluding hydrogens is 346 g/mol. The van der Waals surface area contributed by atoms with Gasteiger partial charge in [-0.1, -0.05) is 77.3 Å². The number of nitrogens with zero attached hydrogens (tertiary/aromatic N) is 1. The van der Waals surface area contributed by atoms with Crippen LogP contribution in [0.25, 0.3) is 0 Å². The molecule has 120 valence electrons. The van der Waals surface area contributed by atoms with Crippen LogP contribution in [0.3, 0.4) is 0 Å². The quantitative estimate of drug-likeness (QED) is 0.567. The fourth-order valence-corrected chi connectivity index (χ4v) is 3.82. The summed E-state index contributed by atoms with van der Waals surface area (Å²) in [7, 11) is 0. The van der Waals surface area contributed by atoms with Crippen molar-refractivity contribution in [3.63, 3.8) is 0 Å². The lowest BCUT2D eigenvalue weighted by molar-refractivity contribution is 0.586. The summed E-state index contributed by atoms with van der Waals surface area (Å²) in [6.07, 6.45) is 7.52. The molecular formula is C21H24BrN. The van der Waals surface area contributed by atoms with E-state index >= 15 is 0 Å². The molecule has 1 aliphatic carbocycles. The van der Waals surface area contributed by atoms with Crippen LogP contribution in [0.1, 0.15) is 43.2 Å². The molecule has 0 aromatic heterocycles. The third-order valence-electron chi connectivity index (χ3n) is 4.69. The van der Waals surface area contributed by atoms with E-state index in [0.29, 0.717) is 5.92 Å². The van der Waals surface area contributed by atoms with Crippen LogP contribution in [-0.4, -0.2) is 5.71 Å². The highest BCUT2D eigenvalue weighted by atomic mass is 79.9. The highest BCUT2D eigenvalue weighted by molar-refractivity contribution is 9.10. The summed E-state index contributed by atoms with van der Waals surface area (Å²) in [5.41, 5.74) is 4.15. The molecule has 0 spiro atoms. The topological polar surface area (TPSA) is 12.4 Å². The van der Waals surface area contributed by atoms with Crippen LogP contribution >= 0.6 is 15.9 Å². The van der Waals surface area contributed by atoms with Gasteiger partial charge >= 0.3 is 0 Å². The summed E-state index contributed by atoms with van der Waals surface area (Å²) in [6, 6.07) is 19.2. The molecule has 0 radical (unpaired) electrons. The van der Waals surface area contributed by atoms with E-state index in [4.69, 9.17) is 4.99 Å². The van der Waals surface area contributed by atoms with Gasteiger partial charge in [0.2, 0.25) is 0 Å². The third kappa shape index (κ3) is 4.78. The minimum atomic E-state index is 0.597. The Morgan fingerprint density at radius 2 is 1.70 bits per heavy atom. The van der Waals surface area contributed by atoms with Gasteiger partial charge in [0, 0.05) is 16.1 Å². The largest absolute Gasteiger partial charge is 0.289 e.